The molecule has 110 valence electrons. The van der Waals surface area contributed by atoms with Gasteiger partial charge in [0.2, 0.25) is 5.92 Å². The van der Waals surface area contributed by atoms with Crippen LogP contribution in [0.15, 0.2) is 12.1 Å². The molecule has 0 bridgehead atoms. The number of hydrogen-bond donors (Lipinski definition) is 1. The third-order valence-electron chi connectivity index (χ3n) is 4.66. The molecule has 0 aromatic heterocycles. The molecule has 1 fully saturated rings. The van der Waals surface area contributed by atoms with Gasteiger partial charge in [-0.05, 0) is 61.1 Å². The number of nitrogen functional groups attached to an aromatic ring is 1. The van der Waals surface area contributed by atoms with Gasteiger partial charge in [-0.2, -0.15) is 0 Å². The van der Waals surface area contributed by atoms with Crippen LogP contribution in [0.5, 0.6) is 0 Å². The van der Waals surface area contributed by atoms with E-state index in [1.165, 1.54) is 11.1 Å². The van der Waals surface area contributed by atoms with Crippen LogP contribution in [0.1, 0.15) is 48.3 Å². The molecule has 1 aromatic rings. The monoisotopic (exact) mass is 280 g/mol. The van der Waals surface area contributed by atoms with Crippen molar-refractivity contribution in [2.45, 2.75) is 50.5 Å². The molecule has 1 aromatic carbocycles. The van der Waals surface area contributed by atoms with Gasteiger partial charge in [0.25, 0.3) is 0 Å². The number of hydrogen-bond acceptors (Lipinski definition) is 2. The fourth-order valence-electron chi connectivity index (χ4n) is 3.70. The van der Waals surface area contributed by atoms with Gasteiger partial charge < -0.3 is 10.6 Å². The minimum Gasteiger partial charge on any atom is -0.399 e. The molecular weight excluding hydrogens is 258 g/mol. The van der Waals surface area contributed by atoms with Gasteiger partial charge in [0, 0.05) is 31.6 Å². The third-order valence-corrected chi connectivity index (χ3v) is 4.66. The summed E-state index contributed by atoms with van der Waals surface area (Å²) >= 11 is 0. The molecule has 0 saturated heterocycles. The van der Waals surface area contributed by atoms with Crippen molar-refractivity contribution in [2.24, 2.45) is 0 Å². The Morgan fingerprint density at radius 3 is 2.90 bits per heavy atom. The lowest BCUT2D eigenvalue weighted by Crippen LogP contribution is -2.30. The van der Waals surface area contributed by atoms with Crippen molar-refractivity contribution in [3.8, 4) is 0 Å². The number of rotatable bonds is 1. The third kappa shape index (κ3) is 2.66. The van der Waals surface area contributed by atoms with Gasteiger partial charge in [0.1, 0.15) is 0 Å². The number of benzene rings is 1. The molecule has 1 unspecified atom stereocenters. The Bertz CT molecular complexity index is 513. The van der Waals surface area contributed by atoms with Crippen LogP contribution in [0.2, 0.25) is 0 Å². The lowest BCUT2D eigenvalue weighted by molar-refractivity contribution is -0.0409. The smallest absolute Gasteiger partial charge is 0.248 e. The second-order valence-corrected chi connectivity index (χ2v) is 6.38. The maximum atomic E-state index is 13.7. The zero-order valence-corrected chi connectivity index (χ0v) is 12.0. The lowest BCUT2D eigenvalue weighted by atomic mass is 9.78. The largest absolute Gasteiger partial charge is 0.399 e. The first kappa shape index (κ1) is 13.8. The van der Waals surface area contributed by atoms with Crippen LogP contribution in [0, 0.1) is 0 Å². The van der Waals surface area contributed by atoms with Crippen LogP contribution >= 0.6 is 0 Å². The van der Waals surface area contributed by atoms with Crippen LogP contribution in [0.3, 0.4) is 0 Å². The minimum atomic E-state index is -2.51. The summed E-state index contributed by atoms with van der Waals surface area (Å²) in [7, 11) is 2.08. The summed E-state index contributed by atoms with van der Waals surface area (Å²) in [6.45, 7) is 1.86. The Balaban J connectivity index is 1.97. The molecular formula is C16H22F2N2. The van der Waals surface area contributed by atoms with E-state index in [9.17, 15) is 8.78 Å². The molecule has 3 rings (SSSR count). The fraction of sp³-hybridized carbons (Fsp3) is 0.625. The standard InChI is InChI=1S/C16H22F2N2/c1-20-6-4-14-12(10-20)7-13(19)8-15(14)11-3-2-5-16(17,18)9-11/h7-8,11H,2-6,9-10,19H2,1H3. The fourth-order valence-corrected chi connectivity index (χ4v) is 3.70. The molecule has 4 heteroatoms. The van der Waals surface area contributed by atoms with Crippen molar-refractivity contribution in [1.29, 1.82) is 0 Å². The molecule has 2 nitrogen and oxygen atoms in total. The Labute approximate surface area is 118 Å². The van der Waals surface area contributed by atoms with E-state index < -0.39 is 5.92 Å². The highest BCUT2D eigenvalue weighted by Crippen LogP contribution is 2.44. The highest BCUT2D eigenvalue weighted by Gasteiger charge is 2.38. The number of likely N-dealkylation sites (N-methyl/N-ethyl adjacent to an activating group) is 1. The van der Waals surface area contributed by atoms with E-state index >= 15 is 0 Å². The molecule has 1 heterocycles. The van der Waals surface area contributed by atoms with Gasteiger partial charge in [-0.1, -0.05) is 0 Å². The summed E-state index contributed by atoms with van der Waals surface area (Å²) < 4.78 is 27.4. The van der Waals surface area contributed by atoms with Gasteiger partial charge in [-0.3, -0.25) is 0 Å². The van der Waals surface area contributed by atoms with Gasteiger partial charge in [-0.25, -0.2) is 8.78 Å². The van der Waals surface area contributed by atoms with E-state index in [0.29, 0.717) is 12.1 Å². The number of anilines is 1. The maximum absolute atomic E-state index is 13.7. The average Bonchev–Trinajstić information content (AvgIpc) is 2.36. The molecule has 2 aliphatic rings. The lowest BCUT2D eigenvalue weighted by Gasteiger charge is -2.33. The van der Waals surface area contributed by atoms with E-state index in [2.05, 4.69) is 11.9 Å². The summed E-state index contributed by atoms with van der Waals surface area (Å²) in [6.07, 6.45) is 2.45. The molecule has 20 heavy (non-hydrogen) atoms. The number of nitrogens with two attached hydrogens (primary N) is 1. The summed E-state index contributed by atoms with van der Waals surface area (Å²) in [5.74, 6) is -2.54. The number of nitrogens with zero attached hydrogens (tertiary/aromatic N) is 1. The molecule has 1 atom stereocenters. The molecule has 0 radical (unpaired) electrons. The predicted octanol–water partition coefficient (Wildman–Crippen LogP) is 3.55. The van der Waals surface area contributed by atoms with Crippen LogP contribution in [-0.2, 0) is 13.0 Å². The van der Waals surface area contributed by atoms with Crippen LogP contribution in [0.25, 0.3) is 0 Å². The first-order valence-corrected chi connectivity index (χ1v) is 7.42. The molecule has 1 saturated carbocycles. The highest BCUT2D eigenvalue weighted by molar-refractivity contribution is 5.52. The minimum absolute atomic E-state index is 0.0151. The Morgan fingerprint density at radius 2 is 2.15 bits per heavy atom. The second kappa shape index (κ2) is 4.99. The zero-order valence-electron chi connectivity index (χ0n) is 12.0. The van der Waals surface area contributed by atoms with Crippen LogP contribution < -0.4 is 5.73 Å². The quantitative estimate of drug-likeness (QED) is 0.797. The number of fused-ring (bicyclic) bond motifs is 1. The van der Waals surface area contributed by atoms with Crippen molar-refractivity contribution in [3.63, 3.8) is 0 Å². The Hall–Kier alpha value is -1.16. The first-order chi connectivity index (χ1) is 9.44. The topological polar surface area (TPSA) is 29.3 Å². The predicted molar refractivity (Wildman–Crippen MR) is 77.0 cm³/mol. The van der Waals surface area contributed by atoms with E-state index in [-0.39, 0.29) is 18.8 Å². The maximum Gasteiger partial charge on any atom is 0.248 e. The van der Waals surface area contributed by atoms with E-state index in [4.69, 9.17) is 5.73 Å². The summed E-state index contributed by atoms with van der Waals surface area (Å²) in [5.41, 5.74) is 10.3. The number of alkyl halides is 2. The summed E-state index contributed by atoms with van der Waals surface area (Å²) in [5, 5.41) is 0. The Morgan fingerprint density at radius 1 is 1.35 bits per heavy atom. The van der Waals surface area contributed by atoms with Crippen molar-refractivity contribution in [3.05, 3.63) is 28.8 Å². The summed E-state index contributed by atoms with van der Waals surface area (Å²) in [4.78, 5) is 2.25. The van der Waals surface area contributed by atoms with E-state index in [1.807, 2.05) is 12.1 Å². The van der Waals surface area contributed by atoms with Gasteiger partial charge in [-0.15, -0.1) is 0 Å². The van der Waals surface area contributed by atoms with E-state index in [1.54, 1.807) is 0 Å². The highest BCUT2D eigenvalue weighted by atomic mass is 19.3. The van der Waals surface area contributed by atoms with Gasteiger partial charge >= 0.3 is 0 Å². The first-order valence-electron chi connectivity index (χ1n) is 7.42. The van der Waals surface area contributed by atoms with E-state index in [0.717, 1.165) is 31.5 Å². The van der Waals surface area contributed by atoms with Crippen LogP contribution in [0.4, 0.5) is 14.5 Å². The van der Waals surface area contributed by atoms with Crippen molar-refractivity contribution in [2.75, 3.05) is 19.3 Å². The molecule has 0 amide bonds. The van der Waals surface area contributed by atoms with Crippen molar-refractivity contribution in [1.82, 2.24) is 4.90 Å². The SMILES string of the molecule is CN1CCc2c(cc(N)cc2C2CCCC(F)(F)C2)C1. The van der Waals surface area contributed by atoms with Gasteiger partial charge in [0.05, 0.1) is 0 Å². The van der Waals surface area contributed by atoms with Crippen molar-refractivity contribution < 1.29 is 8.78 Å². The average molecular weight is 280 g/mol. The molecule has 1 aliphatic heterocycles. The second-order valence-electron chi connectivity index (χ2n) is 6.38. The van der Waals surface area contributed by atoms with Crippen molar-refractivity contribution >= 4 is 5.69 Å². The summed E-state index contributed by atoms with van der Waals surface area (Å²) in [6, 6.07) is 3.95. The van der Waals surface area contributed by atoms with Gasteiger partial charge in [0.15, 0.2) is 0 Å². The zero-order chi connectivity index (χ0) is 14.3. The molecule has 0 spiro atoms. The number of halogens is 2. The van der Waals surface area contributed by atoms with Crippen LogP contribution in [-0.4, -0.2) is 24.4 Å². The molecule has 2 N–H and O–H groups in total. The Kier molecular flexibility index (Phi) is 3.44. The molecule has 1 aliphatic carbocycles. The normalized spacial score (nSPS) is 26.2.